The SMILES string of the molecule is O=C1NCCN(C(=O)c2ccc[nH]2)[C@H]1c1ccc(C(F)(F)F)cc1. The Morgan fingerprint density at radius 1 is 1.17 bits per heavy atom. The molecule has 0 saturated carbocycles. The first kappa shape index (κ1) is 16.1. The lowest BCUT2D eigenvalue weighted by atomic mass is 10.0. The second-order valence-electron chi connectivity index (χ2n) is 5.40. The van der Waals surface area contributed by atoms with Crippen LogP contribution >= 0.6 is 0 Å². The zero-order valence-corrected chi connectivity index (χ0v) is 12.4. The third-order valence-corrected chi connectivity index (χ3v) is 3.85. The fourth-order valence-corrected chi connectivity index (χ4v) is 2.69. The number of hydrogen-bond acceptors (Lipinski definition) is 2. The van der Waals surface area contributed by atoms with E-state index in [0.717, 1.165) is 12.1 Å². The number of carbonyl (C=O) groups is 2. The molecule has 1 aromatic carbocycles. The molecule has 1 saturated heterocycles. The number of halogens is 3. The molecule has 2 N–H and O–H groups in total. The summed E-state index contributed by atoms with van der Waals surface area (Å²) in [5, 5.41) is 2.64. The van der Waals surface area contributed by atoms with Crippen molar-refractivity contribution in [2.24, 2.45) is 0 Å². The molecule has 3 rings (SSSR count). The minimum absolute atomic E-state index is 0.273. The van der Waals surface area contributed by atoms with Gasteiger partial charge in [0.2, 0.25) is 5.91 Å². The third kappa shape index (κ3) is 2.99. The number of nitrogens with one attached hydrogen (secondary N) is 2. The van der Waals surface area contributed by atoms with Crippen molar-refractivity contribution in [2.45, 2.75) is 12.2 Å². The number of H-pyrrole nitrogens is 1. The quantitative estimate of drug-likeness (QED) is 0.883. The molecule has 1 atom stereocenters. The lowest BCUT2D eigenvalue weighted by Crippen LogP contribution is -2.52. The molecule has 0 bridgehead atoms. The Balaban J connectivity index is 1.92. The van der Waals surface area contributed by atoms with Crippen LogP contribution < -0.4 is 5.32 Å². The number of rotatable bonds is 2. The van der Waals surface area contributed by atoms with E-state index in [1.54, 1.807) is 18.3 Å². The van der Waals surface area contributed by atoms with Gasteiger partial charge in [-0.15, -0.1) is 0 Å². The Morgan fingerprint density at radius 3 is 2.46 bits per heavy atom. The zero-order chi connectivity index (χ0) is 17.3. The number of piperazine rings is 1. The molecule has 2 aromatic rings. The van der Waals surface area contributed by atoms with E-state index in [4.69, 9.17) is 0 Å². The van der Waals surface area contributed by atoms with Gasteiger partial charge < -0.3 is 15.2 Å². The van der Waals surface area contributed by atoms with E-state index in [-0.39, 0.29) is 12.5 Å². The normalized spacial score (nSPS) is 18.4. The Bertz CT molecular complexity index is 739. The predicted octanol–water partition coefficient (Wildman–Crippen LogP) is 2.35. The van der Waals surface area contributed by atoms with E-state index in [1.165, 1.54) is 17.0 Å². The van der Waals surface area contributed by atoms with Crippen LogP contribution in [0.4, 0.5) is 13.2 Å². The van der Waals surface area contributed by atoms with E-state index in [2.05, 4.69) is 10.3 Å². The third-order valence-electron chi connectivity index (χ3n) is 3.85. The Hall–Kier alpha value is -2.77. The smallest absolute Gasteiger partial charge is 0.357 e. The summed E-state index contributed by atoms with van der Waals surface area (Å²) in [4.78, 5) is 28.9. The summed E-state index contributed by atoms with van der Waals surface area (Å²) in [6.45, 7) is 0.567. The van der Waals surface area contributed by atoms with Gasteiger partial charge in [0.15, 0.2) is 0 Å². The van der Waals surface area contributed by atoms with E-state index < -0.39 is 23.7 Å². The van der Waals surface area contributed by atoms with Gasteiger partial charge in [0.25, 0.3) is 5.91 Å². The van der Waals surface area contributed by atoms with Crippen molar-refractivity contribution in [1.29, 1.82) is 0 Å². The molecular formula is C16H14F3N3O2. The molecule has 2 heterocycles. The van der Waals surface area contributed by atoms with E-state index in [1.807, 2.05) is 0 Å². The molecule has 5 nitrogen and oxygen atoms in total. The molecule has 1 aromatic heterocycles. The molecule has 1 fully saturated rings. The highest BCUT2D eigenvalue weighted by Gasteiger charge is 2.36. The molecule has 0 aliphatic carbocycles. The number of aromatic amines is 1. The van der Waals surface area contributed by atoms with Gasteiger partial charge in [0, 0.05) is 19.3 Å². The summed E-state index contributed by atoms with van der Waals surface area (Å²) >= 11 is 0. The molecule has 0 unspecified atom stereocenters. The van der Waals surface area contributed by atoms with Crippen LogP contribution in [0.1, 0.15) is 27.7 Å². The van der Waals surface area contributed by atoms with E-state index in [0.29, 0.717) is 17.8 Å². The minimum atomic E-state index is -4.45. The monoisotopic (exact) mass is 337 g/mol. The average molecular weight is 337 g/mol. The second kappa shape index (κ2) is 6.03. The highest BCUT2D eigenvalue weighted by molar-refractivity contribution is 5.97. The predicted molar refractivity (Wildman–Crippen MR) is 79.0 cm³/mol. The Morgan fingerprint density at radius 2 is 1.88 bits per heavy atom. The van der Waals surface area contributed by atoms with Crippen molar-refractivity contribution in [2.75, 3.05) is 13.1 Å². The van der Waals surface area contributed by atoms with Gasteiger partial charge >= 0.3 is 6.18 Å². The van der Waals surface area contributed by atoms with Gasteiger partial charge in [-0.1, -0.05) is 12.1 Å². The molecule has 126 valence electrons. The number of benzene rings is 1. The molecule has 2 amide bonds. The summed E-state index contributed by atoms with van der Waals surface area (Å²) in [5.74, 6) is -0.791. The van der Waals surface area contributed by atoms with Crippen LogP contribution in [0.25, 0.3) is 0 Å². The van der Waals surface area contributed by atoms with Crippen LogP contribution in [0.15, 0.2) is 42.6 Å². The molecular weight excluding hydrogens is 323 g/mol. The molecule has 0 radical (unpaired) electrons. The van der Waals surface area contributed by atoms with E-state index >= 15 is 0 Å². The van der Waals surface area contributed by atoms with Crippen LogP contribution in [-0.4, -0.2) is 34.8 Å². The zero-order valence-electron chi connectivity index (χ0n) is 12.4. The maximum atomic E-state index is 12.7. The first-order valence-electron chi connectivity index (χ1n) is 7.27. The van der Waals surface area contributed by atoms with Crippen molar-refractivity contribution in [3.05, 3.63) is 59.4 Å². The summed E-state index contributed by atoms with van der Waals surface area (Å²) in [6.07, 6.45) is -2.86. The van der Waals surface area contributed by atoms with Crippen LogP contribution in [0.3, 0.4) is 0 Å². The molecule has 0 spiro atoms. The number of carbonyl (C=O) groups excluding carboxylic acids is 2. The largest absolute Gasteiger partial charge is 0.416 e. The summed E-state index contributed by atoms with van der Waals surface area (Å²) in [5.41, 5.74) is -0.147. The van der Waals surface area contributed by atoms with Crippen molar-refractivity contribution in [3.63, 3.8) is 0 Å². The number of hydrogen-bond donors (Lipinski definition) is 2. The van der Waals surface area contributed by atoms with Crippen LogP contribution in [0.5, 0.6) is 0 Å². The fraction of sp³-hybridized carbons (Fsp3) is 0.250. The van der Waals surface area contributed by atoms with Gasteiger partial charge in [-0.2, -0.15) is 13.2 Å². The van der Waals surface area contributed by atoms with E-state index in [9.17, 15) is 22.8 Å². The number of alkyl halides is 3. The number of nitrogens with zero attached hydrogens (tertiary/aromatic N) is 1. The topological polar surface area (TPSA) is 65.2 Å². The summed E-state index contributed by atoms with van der Waals surface area (Å²) in [6, 6.07) is 6.56. The highest BCUT2D eigenvalue weighted by atomic mass is 19.4. The number of aromatic nitrogens is 1. The lowest BCUT2D eigenvalue weighted by Gasteiger charge is -2.35. The van der Waals surface area contributed by atoms with Crippen molar-refractivity contribution in [1.82, 2.24) is 15.2 Å². The number of amides is 2. The molecule has 1 aliphatic rings. The molecule has 1 aliphatic heterocycles. The average Bonchev–Trinajstić information content (AvgIpc) is 3.08. The highest BCUT2D eigenvalue weighted by Crippen LogP contribution is 2.31. The maximum Gasteiger partial charge on any atom is 0.416 e. The van der Waals surface area contributed by atoms with Gasteiger partial charge in [0.1, 0.15) is 11.7 Å². The van der Waals surface area contributed by atoms with Crippen molar-refractivity contribution >= 4 is 11.8 Å². The molecule has 24 heavy (non-hydrogen) atoms. The van der Waals surface area contributed by atoms with Crippen molar-refractivity contribution in [3.8, 4) is 0 Å². The van der Waals surface area contributed by atoms with Crippen LogP contribution in [0.2, 0.25) is 0 Å². The van der Waals surface area contributed by atoms with Gasteiger partial charge in [-0.25, -0.2) is 0 Å². The van der Waals surface area contributed by atoms with Crippen LogP contribution in [-0.2, 0) is 11.0 Å². The Labute approximate surface area is 135 Å². The standard InChI is InChI=1S/C16H14F3N3O2/c17-16(18,19)11-5-3-10(4-6-11)13-14(23)21-8-9-22(13)15(24)12-2-1-7-20-12/h1-7,13,20H,8-9H2,(H,21,23)/t13-/m0/s1. The lowest BCUT2D eigenvalue weighted by molar-refractivity contribution is -0.137. The summed E-state index contributed by atoms with van der Waals surface area (Å²) in [7, 11) is 0. The minimum Gasteiger partial charge on any atom is -0.357 e. The fourth-order valence-electron chi connectivity index (χ4n) is 2.69. The van der Waals surface area contributed by atoms with Crippen LogP contribution in [0, 0.1) is 0 Å². The second-order valence-corrected chi connectivity index (χ2v) is 5.40. The van der Waals surface area contributed by atoms with Gasteiger partial charge in [0.05, 0.1) is 5.56 Å². The Kier molecular flexibility index (Phi) is 4.04. The first-order valence-corrected chi connectivity index (χ1v) is 7.27. The first-order chi connectivity index (χ1) is 11.4. The van der Waals surface area contributed by atoms with Gasteiger partial charge in [-0.3, -0.25) is 9.59 Å². The molecule has 8 heteroatoms. The maximum absolute atomic E-state index is 12.7. The van der Waals surface area contributed by atoms with Gasteiger partial charge in [-0.05, 0) is 29.8 Å². The van der Waals surface area contributed by atoms with Crippen molar-refractivity contribution < 1.29 is 22.8 Å². The summed E-state index contributed by atoms with van der Waals surface area (Å²) < 4.78 is 38.0.